The normalized spacial score (nSPS) is 17.2. The molecular weight excluding hydrogens is 558 g/mol. The molecule has 6 heteroatoms. The van der Waals surface area contributed by atoms with E-state index >= 15 is 0 Å². The summed E-state index contributed by atoms with van der Waals surface area (Å²) in [6.45, 7) is 13.7. The van der Waals surface area contributed by atoms with Crippen LogP contribution in [0.5, 0.6) is 0 Å². The molecule has 3 aromatic rings. The van der Waals surface area contributed by atoms with E-state index in [0.717, 1.165) is 34.2 Å². The molecule has 2 atom stereocenters. The Morgan fingerprint density at radius 1 is 0.956 bits per heavy atom. The van der Waals surface area contributed by atoms with Crippen molar-refractivity contribution >= 4 is 17.7 Å². The Labute approximate surface area is 269 Å². The third kappa shape index (κ3) is 8.10. The summed E-state index contributed by atoms with van der Waals surface area (Å²) in [6.07, 6.45) is 4.79. The SMILES string of the molecule is CCCN(C)C(=O)[C@@H](NC(=O)C1(C)CC=C(CNC(=O)c2cccc(C)c2-c2ccc(C(C)(C)C)cc2)CC1)c1ccccc1. The lowest BCUT2D eigenvalue weighted by molar-refractivity contribution is -0.139. The van der Waals surface area contributed by atoms with Gasteiger partial charge in [0.05, 0.1) is 5.41 Å². The number of amides is 3. The Hall–Kier alpha value is -4.19. The van der Waals surface area contributed by atoms with Gasteiger partial charge in [-0.2, -0.15) is 0 Å². The largest absolute Gasteiger partial charge is 0.348 e. The van der Waals surface area contributed by atoms with Crippen LogP contribution in [0.3, 0.4) is 0 Å². The maximum absolute atomic E-state index is 13.6. The molecule has 0 saturated heterocycles. The van der Waals surface area contributed by atoms with Gasteiger partial charge in [0.25, 0.3) is 5.91 Å². The van der Waals surface area contributed by atoms with Crippen LogP contribution in [0, 0.1) is 12.3 Å². The van der Waals surface area contributed by atoms with Crippen molar-refractivity contribution < 1.29 is 14.4 Å². The van der Waals surface area contributed by atoms with Crippen LogP contribution in [0.25, 0.3) is 11.1 Å². The highest BCUT2D eigenvalue weighted by molar-refractivity contribution is 6.01. The summed E-state index contributed by atoms with van der Waals surface area (Å²) in [5.41, 5.74) is 6.23. The third-order valence-electron chi connectivity index (χ3n) is 9.01. The summed E-state index contributed by atoms with van der Waals surface area (Å²) in [7, 11) is 1.78. The van der Waals surface area contributed by atoms with E-state index in [1.807, 2.05) is 69.3 Å². The van der Waals surface area contributed by atoms with E-state index in [1.54, 1.807) is 11.9 Å². The molecule has 1 aliphatic carbocycles. The number of carbonyl (C=O) groups is 3. The second kappa shape index (κ2) is 14.3. The number of aryl methyl sites for hydroxylation is 1. The first kappa shape index (κ1) is 33.7. The maximum Gasteiger partial charge on any atom is 0.252 e. The number of allylic oxidation sites excluding steroid dienone is 1. The van der Waals surface area contributed by atoms with Gasteiger partial charge >= 0.3 is 0 Å². The number of rotatable bonds is 10. The van der Waals surface area contributed by atoms with Crippen LogP contribution in [0.15, 0.2) is 84.4 Å². The molecule has 0 fully saturated rings. The Bertz CT molecular complexity index is 1540. The number of hydrogen-bond donors (Lipinski definition) is 2. The third-order valence-corrected chi connectivity index (χ3v) is 9.01. The van der Waals surface area contributed by atoms with Crippen molar-refractivity contribution in [3.8, 4) is 11.1 Å². The average molecular weight is 608 g/mol. The van der Waals surface area contributed by atoms with Crippen LogP contribution in [0.4, 0.5) is 0 Å². The maximum atomic E-state index is 13.6. The van der Waals surface area contributed by atoms with E-state index in [1.165, 1.54) is 5.56 Å². The van der Waals surface area contributed by atoms with Crippen molar-refractivity contribution in [3.05, 3.63) is 107 Å². The molecule has 1 aliphatic rings. The van der Waals surface area contributed by atoms with Crippen molar-refractivity contribution in [1.29, 1.82) is 0 Å². The van der Waals surface area contributed by atoms with Crippen LogP contribution >= 0.6 is 0 Å². The van der Waals surface area contributed by atoms with Crippen molar-refractivity contribution in [1.82, 2.24) is 15.5 Å². The molecule has 6 nitrogen and oxygen atoms in total. The fraction of sp³-hybridized carbons (Fsp3) is 0.410. The van der Waals surface area contributed by atoms with Gasteiger partial charge in [0.15, 0.2) is 0 Å². The predicted octanol–water partition coefficient (Wildman–Crippen LogP) is 7.53. The minimum atomic E-state index is -0.732. The molecule has 0 aromatic heterocycles. The van der Waals surface area contributed by atoms with Gasteiger partial charge in [0.2, 0.25) is 11.8 Å². The molecule has 1 unspecified atom stereocenters. The Morgan fingerprint density at radius 2 is 1.64 bits per heavy atom. The summed E-state index contributed by atoms with van der Waals surface area (Å²) in [5, 5.41) is 6.21. The second-order valence-electron chi connectivity index (χ2n) is 13.7. The Balaban J connectivity index is 1.43. The minimum Gasteiger partial charge on any atom is -0.348 e. The molecule has 0 radical (unpaired) electrons. The van der Waals surface area contributed by atoms with Gasteiger partial charge in [0, 0.05) is 25.7 Å². The van der Waals surface area contributed by atoms with E-state index in [9.17, 15) is 14.4 Å². The van der Waals surface area contributed by atoms with Gasteiger partial charge in [-0.1, -0.05) is 113 Å². The standard InChI is InChI=1S/C39H49N3O3/c1-8-25-42(7)36(44)34(30-14-10-9-11-15-30)41-37(45)39(6)23-21-28(22-24-39)26-40-35(43)32-16-12-13-27(2)33(32)29-17-19-31(20-18-29)38(3,4)5/h9-21,34H,8,22-26H2,1-7H3,(H,40,43)(H,41,45)/t34-,39?/m0/s1. The molecule has 2 N–H and O–H groups in total. The Kier molecular flexibility index (Phi) is 10.7. The summed E-state index contributed by atoms with van der Waals surface area (Å²) in [6, 6.07) is 23.0. The van der Waals surface area contributed by atoms with Gasteiger partial charge in [0.1, 0.15) is 6.04 Å². The fourth-order valence-electron chi connectivity index (χ4n) is 5.95. The first-order valence-corrected chi connectivity index (χ1v) is 16.1. The van der Waals surface area contributed by atoms with Crippen LogP contribution < -0.4 is 10.6 Å². The smallest absolute Gasteiger partial charge is 0.252 e. The molecular formula is C39H49N3O3. The lowest BCUT2D eigenvalue weighted by Crippen LogP contribution is -2.47. The zero-order valence-corrected chi connectivity index (χ0v) is 28.0. The molecule has 0 spiro atoms. The molecule has 45 heavy (non-hydrogen) atoms. The topological polar surface area (TPSA) is 78.5 Å². The minimum absolute atomic E-state index is 0.0569. The molecule has 0 heterocycles. The quantitative estimate of drug-likeness (QED) is 0.234. The number of nitrogens with one attached hydrogen (secondary N) is 2. The molecule has 238 valence electrons. The number of nitrogens with zero attached hydrogens (tertiary/aromatic N) is 1. The lowest BCUT2D eigenvalue weighted by Gasteiger charge is -2.34. The predicted molar refractivity (Wildman–Crippen MR) is 183 cm³/mol. The first-order chi connectivity index (χ1) is 21.3. The fourth-order valence-corrected chi connectivity index (χ4v) is 5.95. The number of hydrogen-bond acceptors (Lipinski definition) is 3. The number of benzene rings is 3. The first-order valence-electron chi connectivity index (χ1n) is 16.1. The summed E-state index contributed by atoms with van der Waals surface area (Å²) < 4.78 is 0. The van der Waals surface area contributed by atoms with Crippen molar-refractivity contribution in [2.75, 3.05) is 20.1 Å². The molecule has 0 aliphatic heterocycles. The molecule has 0 saturated carbocycles. The molecule has 3 aromatic carbocycles. The van der Waals surface area contributed by atoms with E-state index in [0.29, 0.717) is 37.9 Å². The average Bonchev–Trinajstić information content (AvgIpc) is 3.02. The van der Waals surface area contributed by atoms with E-state index in [4.69, 9.17) is 0 Å². The van der Waals surface area contributed by atoms with Crippen molar-refractivity contribution in [3.63, 3.8) is 0 Å². The highest BCUT2D eigenvalue weighted by atomic mass is 16.2. The van der Waals surface area contributed by atoms with Gasteiger partial charge in [-0.25, -0.2) is 0 Å². The van der Waals surface area contributed by atoms with Crippen LogP contribution in [-0.4, -0.2) is 42.8 Å². The molecule has 0 bridgehead atoms. The molecule has 3 amide bonds. The van der Waals surface area contributed by atoms with E-state index < -0.39 is 11.5 Å². The summed E-state index contributed by atoms with van der Waals surface area (Å²) in [5.74, 6) is -0.354. The second-order valence-corrected chi connectivity index (χ2v) is 13.7. The molecule has 4 rings (SSSR count). The zero-order valence-electron chi connectivity index (χ0n) is 28.0. The van der Waals surface area contributed by atoms with E-state index in [2.05, 4.69) is 61.7 Å². The highest BCUT2D eigenvalue weighted by Crippen LogP contribution is 2.36. The van der Waals surface area contributed by atoms with Crippen molar-refractivity contribution in [2.45, 2.75) is 78.7 Å². The summed E-state index contributed by atoms with van der Waals surface area (Å²) in [4.78, 5) is 42.1. The Morgan fingerprint density at radius 3 is 2.24 bits per heavy atom. The summed E-state index contributed by atoms with van der Waals surface area (Å²) >= 11 is 0. The van der Waals surface area contributed by atoms with Gasteiger partial charge in [-0.15, -0.1) is 0 Å². The zero-order chi connectivity index (χ0) is 32.8. The van der Waals surface area contributed by atoms with Crippen LogP contribution in [0.2, 0.25) is 0 Å². The lowest BCUT2D eigenvalue weighted by atomic mass is 9.75. The van der Waals surface area contributed by atoms with Crippen molar-refractivity contribution in [2.24, 2.45) is 5.41 Å². The number of carbonyl (C=O) groups excluding carboxylic acids is 3. The van der Waals surface area contributed by atoms with Gasteiger partial charge in [-0.3, -0.25) is 14.4 Å². The van der Waals surface area contributed by atoms with Gasteiger partial charge < -0.3 is 15.5 Å². The monoisotopic (exact) mass is 607 g/mol. The number of likely N-dealkylation sites (N-methyl/N-ethyl adjacent to an activating group) is 1. The van der Waals surface area contributed by atoms with E-state index in [-0.39, 0.29) is 23.1 Å². The van der Waals surface area contributed by atoms with Crippen LogP contribution in [0.1, 0.15) is 93.4 Å². The van der Waals surface area contributed by atoms with Crippen LogP contribution in [-0.2, 0) is 15.0 Å². The highest BCUT2D eigenvalue weighted by Gasteiger charge is 2.37. The van der Waals surface area contributed by atoms with Gasteiger partial charge in [-0.05, 0) is 71.9 Å².